The van der Waals surface area contributed by atoms with Crippen molar-refractivity contribution in [1.29, 1.82) is 0 Å². The Balaban J connectivity index is 2.67. The molecule has 17 heavy (non-hydrogen) atoms. The first-order valence-electron chi connectivity index (χ1n) is 5.27. The van der Waals surface area contributed by atoms with Crippen LogP contribution in [0, 0.1) is 0 Å². The number of amides is 1. The van der Waals surface area contributed by atoms with Gasteiger partial charge in [-0.25, -0.2) is 0 Å². The molecule has 0 saturated heterocycles. The van der Waals surface area contributed by atoms with Crippen LogP contribution < -0.4 is 21.5 Å². The van der Waals surface area contributed by atoms with Crippen molar-refractivity contribution >= 4 is 17.3 Å². The number of nitrogen functional groups attached to an aromatic ring is 1. The van der Waals surface area contributed by atoms with E-state index >= 15 is 0 Å². The maximum atomic E-state index is 10.6. The number of carbonyl (C=O) groups excluding carboxylic acids is 1. The quantitative estimate of drug-likeness (QED) is 0.519. The second-order valence-electron chi connectivity index (χ2n) is 3.52. The van der Waals surface area contributed by atoms with Crippen molar-refractivity contribution in [2.75, 3.05) is 24.2 Å². The van der Waals surface area contributed by atoms with E-state index in [0.29, 0.717) is 23.7 Å². The molecule has 0 saturated carbocycles. The van der Waals surface area contributed by atoms with Crippen LogP contribution >= 0.6 is 0 Å². The molecule has 1 atom stereocenters. The van der Waals surface area contributed by atoms with Gasteiger partial charge in [0, 0.05) is 30.1 Å². The van der Waals surface area contributed by atoms with Gasteiger partial charge in [-0.2, -0.15) is 0 Å². The van der Waals surface area contributed by atoms with Crippen molar-refractivity contribution in [1.82, 2.24) is 0 Å². The van der Waals surface area contributed by atoms with Crippen LogP contribution in [0.4, 0.5) is 11.4 Å². The molecule has 0 heterocycles. The molecule has 1 aromatic rings. The lowest BCUT2D eigenvalue weighted by molar-refractivity contribution is -0.125. The first kappa shape index (κ1) is 13.1. The lowest BCUT2D eigenvalue weighted by Gasteiger charge is -2.12. The topological polar surface area (TPSA) is 111 Å². The minimum absolute atomic E-state index is 0.0321. The van der Waals surface area contributed by atoms with Gasteiger partial charge in [0.15, 0.2) is 0 Å². The van der Waals surface area contributed by atoms with Crippen LogP contribution in [0.25, 0.3) is 0 Å². The highest BCUT2D eigenvalue weighted by molar-refractivity contribution is 5.79. The van der Waals surface area contributed by atoms with Crippen LogP contribution in [0.3, 0.4) is 0 Å². The predicted molar refractivity (Wildman–Crippen MR) is 65.7 cm³/mol. The maximum absolute atomic E-state index is 10.6. The molecule has 0 aromatic heterocycles. The number of hydrogen-bond acceptors (Lipinski definition) is 5. The van der Waals surface area contributed by atoms with Crippen molar-refractivity contribution in [2.24, 2.45) is 5.73 Å². The summed E-state index contributed by atoms with van der Waals surface area (Å²) in [5.74, 6) is -0.144. The zero-order chi connectivity index (χ0) is 12.8. The van der Waals surface area contributed by atoms with E-state index in [2.05, 4.69) is 5.32 Å². The standard InChI is InChI=1S/C11H17N3O3/c1-2-17-9-4-7(12)3-8(5-9)14-6-10(15)11(13)16/h3-5,10,14-15H,2,6,12H2,1H3,(H2,13,16). The Hall–Kier alpha value is -1.95. The second kappa shape index (κ2) is 5.95. The molecule has 6 heteroatoms. The first-order valence-corrected chi connectivity index (χ1v) is 5.27. The Morgan fingerprint density at radius 3 is 2.82 bits per heavy atom. The van der Waals surface area contributed by atoms with Gasteiger partial charge < -0.3 is 26.6 Å². The van der Waals surface area contributed by atoms with Crippen molar-refractivity contribution in [3.63, 3.8) is 0 Å². The van der Waals surface area contributed by atoms with Crippen molar-refractivity contribution in [3.05, 3.63) is 18.2 Å². The number of hydrogen-bond donors (Lipinski definition) is 4. The molecule has 1 rings (SSSR count). The van der Waals surface area contributed by atoms with Gasteiger partial charge in [0.1, 0.15) is 11.9 Å². The summed E-state index contributed by atoms with van der Waals surface area (Å²) in [6.07, 6.45) is -1.23. The molecule has 1 amide bonds. The minimum atomic E-state index is -1.23. The van der Waals surface area contributed by atoms with Crippen LogP contribution in [-0.2, 0) is 4.79 Å². The highest BCUT2D eigenvalue weighted by Gasteiger charge is 2.10. The molecule has 0 aliphatic rings. The highest BCUT2D eigenvalue weighted by Crippen LogP contribution is 2.22. The van der Waals surface area contributed by atoms with E-state index in [-0.39, 0.29) is 6.54 Å². The number of rotatable bonds is 6. The van der Waals surface area contributed by atoms with Crippen LogP contribution in [-0.4, -0.2) is 30.3 Å². The van der Waals surface area contributed by atoms with Crippen LogP contribution in [0.5, 0.6) is 5.75 Å². The fourth-order valence-electron chi connectivity index (χ4n) is 1.29. The van der Waals surface area contributed by atoms with Gasteiger partial charge in [-0.05, 0) is 13.0 Å². The third kappa shape index (κ3) is 4.20. The largest absolute Gasteiger partial charge is 0.494 e. The summed E-state index contributed by atoms with van der Waals surface area (Å²) in [5.41, 5.74) is 11.8. The number of aliphatic hydroxyl groups excluding tert-OH is 1. The highest BCUT2D eigenvalue weighted by atomic mass is 16.5. The van der Waals surface area contributed by atoms with Gasteiger partial charge in [-0.1, -0.05) is 0 Å². The smallest absolute Gasteiger partial charge is 0.248 e. The summed E-state index contributed by atoms with van der Waals surface area (Å²) in [5, 5.41) is 12.1. The summed E-state index contributed by atoms with van der Waals surface area (Å²) in [7, 11) is 0. The number of aliphatic hydroxyl groups is 1. The number of benzene rings is 1. The summed E-state index contributed by atoms with van der Waals surface area (Å²) in [6.45, 7) is 2.43. The van der Waals surface area contributed by atoms with Gasteiger partial charge in [0.25, 0.3) is 0 Å². The maximum Gasteiger partial charge on any atom is 0.248 e. The summed E-state index contributed by atoms with van der Waals surface area (Å²) in [6, 6.07) is 5.10. The van der Waals surface area contributed by atoms with Crippen molar-refractivity contribution in [3.8, 4) is 5.75 Å². The summed E-state index contributed by atoms with van der Waals surface area (Å²) >= 11 is 0. The van der Waals surface area contributed by atoms with Gasteiger partial charge in [0.05, 0.1) is 6.61 Å². The van der Waals surface area contributed by atoms with Crippen molar-refractivity contribution in [2.45, 2.75) is 13.0 Å². The van der Waals surface area contributed by atoms with E-state index in [1.807, 2.05) is 6.92 Å². The Morgan fingerprint density at radius 2 is 2.24 bits per heavy atom. The predicted octanol–water partition coefficient (Wildman–Crippen LogP) is -0.0744. The van der Waals surface area contributed by atoms with Crippen LogP contribution in [0.1, 0.15) is 6.92 Å². The second-order valence-corrected chi connectivity index (χ2v) is 3.52. The Labute approximate surface area is 99.6 Å². The van der Waals surface area contributed by atoms with E-state index in [9.17, 15) is 9.90 Å². The number of nitrogens with two attached hydrogens (primary N) is 2. The molecule has 6 N–H and O–H groups in total. The molecule has 1 aromatic carbocycles. The van der Waals surface area contributed by atoms with Gasteiger partial charge in [0.2, 0.25) is 5.91 Å². The molecular weight excluding hydrogens is 222 g/mol. The zero-order valence-electron chi connectivity index (χ0n) is 9.64. The first-order chi connectivity index (χ1) is 8.02. The van der Waals surface area contributed by atoms with E-state index in [1.54, 1.807) is 18.2 Å². The SMILES string of the molecule is CCOc1cc(N)cc(NCC(O)C(N)=O)c1. The summed E-state index contributed by atoms with van der Waals surface area (Å²) < 4.78 is 5.31. The molecule has 0 radical (unpaired) electrons. The summed E-state index contributed by atoms with van der Waals surface area (Å²) in [4.78, 5) is 10.6. The average molecular weight is 239 g/mol. The Kier molecular flexibility index (Phi) is 4.59. The molecule has 0 aliphatic carbocycles. The molecule has 94 valence electrons. The fraction of sp³-hybridized carbons (Fsp3) is 0.364. The van der Waals surface area contributed by atoms with Gasteiger partial charge in [-0.15, -0.1) is 0 Å². The van der Waals surface area contributed by atoms with Gasteiger partial charge >= 0.3 is 0 Å². The van der Waals surface area contributed by atoms with E-state index < -0.39 is 12.0 Å². The zero-order valence-corrected chi connectivity index (χ0v) is 9.64. The monoisotopic (exact) mass is 239 g/mol. The average Bonchev–Trinajstić information content (AvgIpc) is 2.25. The van der Waals surface area contributed by atoms with Crippen LogP contribution in [0.15, 0.2) is 18.2 Å². The van der Waals surface area contributed by atoms with Crippen molar-refractivity contribution < 1.29 is 14.6 Å². The van der Waals surface area contributed by atoms with E-state index in [1.165, 1.54) is 0 Å². The third-order valence-electron chi connectivity index (χ3n) is 2.07. The lowest BCUT2D eigenvalue weighted by Crippen LogP contribution is -2.34. The molecule has 0 aliphatic heterocycles. The Bertz CT molecular complexity index is 396. The molecule has 0 spiro atoms. The van der Waals surface area contributed by atoms with Crippen LogP contribution in [0.2, 0.25) is 0 Å². The molecule has 0 bridgehead atoms. The molecule has 1 unspecified atom stereocenters. The van der Waals surface area contributed by atoms with Gasteiger partial charge in [-0.3, -0.25) is 4.79 Å². The molecular formula is C11H17N3O3. The minimum Gasteiger partial charge on any atom is -0.494 e. The number of nitrogens with one attached hydrogen (secondary N) is 1. The molecule has 0 fully saturated rings. The number of anilines is 2. The fourth-order valence-corrected chi connectivity index (χ4v) is 1.29. The normalized spacial score (nSPS) is 11.9. The lowest BCUT2D eigenvalue weighted by atomic mass is 10.2. The Morgan fingerprint density at radius 1 is 1.53 bits per heavy atom. The number of ether oxygens (including phenoxy) is 1. The third-order valence-corrected chi connectivity index (χ3v) is 2.07. The van der Waals surface area contributed by atoms with E-state index in [0.717, 1.165) is 0 Å². The molecule has 6 nitrogen and oxygen atoms in total. The number of carbonyl (C=O) groups is 1. The van der Waals surface area contributed by atoms with E-state index in [4.69, 9.17) is 16.2 Å². The number of primary amides is 1.